The van der Waals surface area contributed by atoms with Gasteiger partial charge in [0.2, 0.25) is 0 Å². The summed E-state index contributed by atoms with van der Waals surface area (Å²) in [6, 6.07) is 21.0. The van der Waals surface area contributed by atoms with Crippen LogP contribution in [-0.2, 0) is 9.53 Å². The Bertz CT molecular complexity index is 1300. The number of rotatable bonds is 4. The van der Waals surface area contributed by atoms with Crippen LogP contribution in [0.25, 0.3) is 17.4 Å². The van der Waals surface area contributed by atoms with Crippen molar-refractivity contribution < 1.29 is 13.9 Å². The van der Waals surface area contributed by atoms with Crippen LogP contribution in [0.2, 0.25) is 0 Å². The second-order valence-electron chi connectivity index (χ2n) is 7.88. The Morgan fingerprint density at radius 2 is 1.76 bits per heavy atom. The van der Waals surface area contributed by atoms with Gasteiger partial charge in [0.15, 0.2) is 5.17 Å². The van der Waals surface area contributed by atoms with Crippen molar-refractivity contribution in [1.82, 2.24) is 4.90 Å². The number of furan rings is 1. The zero-order valence-electron chi connectivity index (χ0n) is 18.6. The van der Waals surface area contributed by atoms with Crippen LogP contribution in [0.1, 0.15) is 11.3 Å². The number of hydrogen-bond acceptors (Lipinski definition) is 7. The molecule has 2 aliphatic heterocycles. The molecule has 2 aliphatic rings. The average Bonchev–Trinajstić information content (AvgIpc) is 3.46. The van der Waals surface area contributed by atoms with E-state index in [1.54, 1.807) is 30.2 Å². The van der Waals surface area contributed by atoms with Crippen LogP contribution in [0.15, 0.2) is 75.0 Å². The molecule has 2 aromatic carbocycles. The molecule has 34 heavy (non-hydrogen) atoms. The first kappa shape index (κ1) is 22.0. The molecule has 0 saturated carbocycles. The molecule has 2 saturated heterocycles. The third kappa shape index (κ3) is 4.62. The summed E-state index contributed by atoms with van der Waals surface area (Å²) in [6.07, 6.45) is 1.74. The van der Waals surface area contributed by atoms with Gasteiger partial charge in [-0.15, -0.1) is 0 Å². The van der Waals surface area contributed by atoms with Gasteiger partial charge in [0, 0.05) is 37.5 Å². The highest BCUT2D eigenvalue weighted by atomic mass is 32.2. The van der Waals surface area contributed by atoms with Gasteiger partial charge in [-0.25, -0.2) is 4.99 Å². The van der Waals surface area contributed by atoms with Crippen LogP contribution < -0.4 is 4.90 Å². The first-order chi connectivity index (χ1) is 16.6. The Labute approximate surface area is 201 Å². The van der Waals surface area contributed by atoms with Gasteiger partial charge in [0.25, 0.3) is 5.91 Å². The van der Waals surface area contributed by atoms with E-state index in [9.17, 15) is 4.79 Å². The number of aliphatic imine (C=N–C) groups is 1. The highest BCUT2D eigenvalue weighted by Gasteiger charge is 2.30. The Balaban J connectivity index is 1.31. The lowest BCUT2D eigenvalue weighted by molar-refractivity contribution is -0.121. The third-order valence-corrected chi connectivity index (χ3v) is 6.71. The maximum Gasteiger partial charge on any atom is 0.266 e. The SMILES string of the molecule is CN1C(=O)/C(=C/c2ccc(-c3ccc(C#N)cc3)o2)SC1=Nc1ccc(N2CCOCC2)cc1. The monoisotopic (exact) mass is 470 g/mol. The van der Waals surface area contributed by atoms with E-state index < -0.39 is 0 Å². The quantitative estimate of drug-likeness (QED) is 0.505. The molecule has 0 N–H and O–H groups in total. The molecule has 170 valence electrons. The normalized spacial score (nSPS) is 18.6. The molecule has 0 bridgehead atoms. The van der Waals surface area contributed by atoms with Gasteiger partial charge in [0.05, 0.1) is 35.4 Å². The number of hydrogen-bond donors (Lipinski definition) is 0. The van der Waals surface area contributed by atoms with E-state index in [0.29, 0.717) is 27.2 Å². The summed E-state index contributed by atoms with van der Waals surface area (Å²) in [4.78, 5) is 21.9. The molecule has 8 heteroatoms. The summed E-state index contributed by atoms with van der Waals surface area (Å²) in [5, 5.41) is 9.57. The summed E-state index contributed by atoms with van der Waals surface area (Å²) in [5.74, 6) is 1.14. The van der Waals surface area contributed by atoms with Crippen molar-refractivity contribution in [3.63, 3.8) is 0 Å². The predicted molar refractivity (Wildman–Crippen MR) is 134 cm³/mol. The van der Waals surface area contributed by atoms with E-state index in [1.807, 2.05) is 36.4 Å². The van der Waals surface area contributed by atoms with Crippen molar-refractivity contribution in [3.05, 3.63) is 76.9 Å². The predicted octanol–water partition coefficient (Wildman–Crippen LogP) is 4.89. The molecule has 7 nitrogen and oxygen atoms in total. The standard InChI is InChI=1S/C26H22N4O3S/c1-29-25(31)24(16-22-10-11-23(33-22)19-4-2-18(17-27)3-5-19)34-26(29)28-20-6-8-21(9-7-20)30-12-14-32-15-13-30/h2-11,16H,12-15H2,1H3/b24-16-,28-26?. The minimum Gasteiger partial charge on any atom is -0.457 e. The minimum atomic E-state index is -0.120. The van der Waals surface area contributed by atoms with Gasteiger partial charge >= 0.3 is 0 Å². The summed E-state index contributed by atoms with van der Waals surface area (Å²) in [7, 11) is 1.72. The zero-order valence-corrected chi connectivity index (χ0v) is 19.4. The number of carbonyl (C=O) groups is 1. The Morgan fingerprint density at radius 1 is 1.03 bits per heavy atom. The Kier molecular flexibility index (Phi) is 6.21. The number of morpholine rings is 1. The summed E-state index contributed by atoms with van der Waals surface area (Å²) >= 11 is 1.32. The largest absolute Gasteiger partial charge is 0.457 e. The number of benzene rings is 2. The van der Waals surface area contributed by atoms with Gasteiger partial charge in [-0.2, -0.15) is 5.26 Å². The third-order valence-electron chi connectivity index (χ3n) is 5.65. The number of amidine groups is 1. The molecule has 5 rings (SSSR count). The highest BCUT2D eigenvalue weighted by molar-refractivity contribution is 8.18. The maximum absolute atomic E-state index is 12.8. The fraction of sp³-hybridized carbons (Fsp3) is 0.192. The van der Waals surface area contributed by atoms with E-state index in [1.165, 1.54) is 11.8 Å². The molecule has 1 aromatic heterocycles. The number of carbonyl (C=O) groups excluding carboxylic acids is 1. The summed E-state index contributed by atoms with van der Waals surface area (Å²) < 4.78 is 11.3. The summed E-state index contributed by atoms with van der Waals surface area (Å²) in [5.41, 5.74) is 3.40. The second kappa shape index (κ2) is 9.59. The molecule has 0 atom stereocenters. The molecule has 3 heterocycles. The molecule has 3 aromatic rings. The van der Waals surface area contributed by atoms with Crippen molar-refractivity contribution in [2.75, 3.05) is 38.3 Å². The van der Waals surface area contributed by atoms with Crippen LogP contribution in [-0.4, -0.2) is 49.3 Å². The molecule has 1 amide bonds. The minimum absolute atomic E-state index is 0.120. The second-order valence-corrected chi connectivity index (χ2v) is 8.89. The van der Waals surface area contributed by atoms with Gasteiger partial charge in [-0.1, -0.05) is 0 Å². The molecular formula is C26H22N4O3S. The lowest BCUT2D eigenvalue weighted by atomic mass is 10.1. The molecule has 0 radical (unpaired) electrons. The van der Waals surface area contributed by atoms with Crippen LogP contribution in [0.5, 0.6) is 0 Å². The molecule has 2 fully saturated rings. The van der Waals surface area contributed by atoms with Crippen LogP contribution in [0, 0.1) is 11.3 Å². The van der Waals surface area contributed by atoms with E-state index >= 15 is 0 Å². The number of anilines is 1. The fourth-order valence-electron chi connectivity index (χ4n) is 3.75. The molecular weight excluding hydrogens is 448 g/mol. The molecule has 0 spiro atoms. The van der Waals surface area contributed by atoms with E-state index in [0.717, 1.165) is 43.2 Å². The van der Waals surface area contributed by atoms with Crippen LogP contribution in [0.4, 0.5) is 11.4 Å². The van der Waals surface area contributed by atoms with Crippen molar-refractivity contribution in [2.45, 2.75) is 0 Å². The first-order valence-electron chi connectivity index (χ1n) is 10.9. The number of ether oxygens (including phenoxy) is 1. The maximum atomic E-state index is 12.8. The van der Waals surface area contributed by atoms with E-state index in [-0.39, 0.29) is 5.91 Å². The lowest BCUT2D eigenvalue weighted by Crippen LogP contribution is -2.36. The van der Waals surface area contributed by atoms with Crippen molar-refractivity contribution in [1.29, 1.82) is 5.26 Å². The van der Waals surface area contributed by atoms with Crippen LogP contribution >= 0.6 is 11.8 Å². The van der Waals surface area contributed by atoms with Crippen molar-refractivity contribution in [3.8, 4) is 17.4 Å². The topological polar surface area (TPSA) is 82.1 Å². The van der Waals surface area contributed by atoms with Gasteiger partial charge in [-0.3, -0.25) is 9.69 Å². The number of likely N-dealkylation sites (N-methyl/N-ethyl adjacent to an activating group) is 1. The van der Waals surface area contributed by atoms with Crippen molar-refractivity contribution >= 4 is 40.3 Å². The zero-order chi connectivity index (χ0) is 23.5. The fourth-order valence-corrected chi connectivity index (χ4v) is 4.71. The van der Waals surface area contributed by atoms with Crippen LogP contribution in [0.3, 0.4) is 0 Å². The van der Waals surface area contributed by atoms with E-state index in [2.05, 4.69) is 28.1 Å². The first-order valence-corrected chi connectivity index (χ1v) is 11.7. The van der Waals surface area contributed by atoms with Gasteiger partial charge < -0.3 is 14.1 Å². The van der Waals surface area contributed by atoms with Gasteiger partial charge in [0.1, 0.15) is 11.5 Å². The number of thioether (sulfide) groups is 1. The van der Waals surface area contributed by atoms with E-state index in [4.69, 9.17) is 14.4 Å². The summed E-state index contributed by atoms with van der Waals surface area (Å²) in [6.45, 7) is 3.25. The molecule has 0 unspecified atom stereocenters. The highest BCUT2D eigenvalue weighted by Crippen LogP contribution is 2.34. The Morgan fingerprint density at radius 3 is 2.47 bits per heavy atom. The smallest absolute Gasteiger partial charge is 0.266 e. The molecule has 0 aliphatic carbocycles. The van der Waals surface area contributed by atoms with Gasteiger partial charge in [-0.05, 0) is 72.4 Å². The average molecular weight is 471 g/mol. The number of nitrogens with zero attached hydrogens (tertiary/aromatic N) is 4. The number of amides is 1. The number of nitriles is 1. The lowest BCUT2D eigenvalue weighted by Gasteiger charge is -2.28. The Hall–Kier alpha value is -3.80. The van der Waals surface area contributed by atoms with Crippen molar-refractivity contribution in [2.24, 2.45) is 4.99 Å².